The fourth-order valence-corrected chi connectivity index (χ4v) is 4.36. The lowest BCUT2D eigenvalue weighted by atomic mass is 9.71. The van der Waals surface area contributed by atoms with E-state index in [4.69, 9.17) is 4.74 Å². The highest BCUT2D eigenvalue weighted by atomic mass is 16.5. The standard InChI is InChI=1S/C20H28N2O4/c1-15(24)22-12-17(13-23)20(14-22)6-8-21(9-7-20)19(25)11-16-4-3-5-18(10-16)26-2/h3-5,10,17,23H,6-9,11-14H2,1-2H3. The molecule has 0 aliphatic carbocycles. The Kier molecular flexibility index (Phi) is 5.51. The molecule has 0 radical (unpaired) electrons. The Labute approximate surface area is 154 Å². The third-order valence-corrected chi connectivity index (χ3v) is 6.08. The maximum absolute atomic E-state index is 12.7. The number of carbonyl (C=O) groups is 2. The van der Waals surface area contributed by atoms with Gasteiger partial charge in [0.25, 0.3) is 0 Å². The van der Waals surface area contributed by atoms with Gasteiger partial charge in [-0.15, -0.1) is 0 Å². The quantitative estimate of drug-likeness (QED) is 0.879. The molecule has 1 aromatic rings. The molecular formula is C20H28N2O4. The molecule has 1 aromatic carbocycles. The van der Waals surface area contributed by atoms with Crippen molar-refractivity contribution < 1.29 is 19.4 Å². The van der Waals surface area contributed by atoms with E-state index in [2.05, 4.69) is 0 Å². The number of hydrogen-bond acceptors (Lipinski definition) is 4. The van der Waals surface area contributed by atoms with Gasteiger partial charge in [0, 0.05) is 45.6 Å². The largest absolute Gasteiger partial charge is 0.497 e. The van der Waals surface area contributed by atoms with Crippen LogP contribution in [0.15, 0.2) is 24.3 Å². The van der Waals surface area contributed by atoms with Crippen molar-refractivity contribution in [2.45, 2.75) is 26.2 Å². The van der Waals surface area contributed by atoms with Crippen molar-refractivity contribution in [2.75, 3.05) is 39.9 Å². The van der Waals surface area contributed by atoms with Gasteiger partial charge in [0.1, 0.15) is 5.75 Å². The summed E-state index contributed by atoms with van der Waals surface area (Å²) in [6, 6.07) is 7.60. The Morgan fingerprint density at radius 2 is 2.00 bits per heavy atom. The van der Waals surface area contributed by atoms with Crippen molar-refractivity contribution >= 4 is 11.8 Å². The Morgan fingerprint density at radius 1 is 1.27 bits per heavy atom. The number of ether oxygens (including phenoxy) is 1. The number of aliphatic hydroxyl groups is 1. The zero-order valence-corrected chi connectivity index (χ0v) is 15.6. The van der Waals surface area contributed by atoms with E-state index in [9.17, 15) is 14.7 Å². The number of hydrogen-bond donors (Lipinski definition) is 1. The number of likely N-dealkylation sites (tertiary alicyclic amines) is 2. The van der Waals surface area contributed by atoms with Crippen LogP contribution < -0.4 is 4.74 Å². The smallest absolute Gasteiger partial charge is 0.226 e. The van der Waals surface area contributed by atoms with E-state index >= 15 is 0 Å². The molecule has 3 rings (SSSR count). The Morgan fingerprint density at radius 3 is 2.62 bits per heavy atom. The molecule has 2 amide bonds. The summed E-state index contributed by atoms with van der Waals surface area (Å²) in [5.41, 5.74) is 0.902. The summed E-state index contributed by atoms with van der Waals surface area (Å²) in [7, 11) is 1.62. The molecule has 0 saturated carbocycles. The van der Waals surface area contributed by atoms with E-state index in [1.54, 1.807) is 14.0 Å². The fourth-order valence-electron chi connectivity index (χ4n) is 4.36. The topological polar surface area (TPSA) is 70.1 Å². The van der Waals surface area contributed by atoms with Crippen molar-refractivity contribution in [1.29, 1.82) is 0 Å². The van der Waals surface area contributed by atoms with Gasteiger partial charge >= 0.3 is 0 Å². The van der Waals surface area contributed by atoms with Crippen LogP contribution in [-0.4, -0.2) is 66.6 Å². The number of rotatable bonds is 4. The molecule has 6 nitrogen and oxygen atoms in total. The summed E-state index contributed by atoms with van der Waals surface area (Å²) >= 11 is 0. The first-order valence-corrected chi connectivity index (χ1v) is 9.24. The highest BCUT2D eigenvalue weighted by Gasteiger charge is 2.48. The van der Waals surface area contributed by atoms with Crippen LogP contribution in [0.1, 0.15) is 25.3 Å². The molecule has 2 saturated heterocycles. The maximum Gasteiger partial charge on any atom is 0.226 e. The van der Waals surface area contributed by atoms with E-state index in [-0.39, 0.29) is 29.8 Å². The van der Waals surface area contributed by atoms with E-state index in [0.29, 0.717) is 32.6 Å². The van der Waals surface area contributed by atoms with Crippen molar-refractivity contribution in [1.82, 2.24) is 9.80 Å². The van der Waals surface area contributed by atoms with Crippen LogP contribution in [0.3, 0.4) is 0 Å². The minimum absolute atomic E-state index is 0.0484. The van der Waals surface area contributed by atoms with Gasteiger partial charge in [-0.25, -0.2) is 0 Å². The van der Waals surface area contributed by atoms with Gasteiger partial charge in [-0.05, 0) is 36.0 Å². The minimum Gasteiger partial charge on any atom is -0.497 e. The SMILES string of the molecule is COc1cccc(CC(=O)N2CCC3(CC2)CN(C(C)=O)CC3CO)c1. The highest BCUT2D eigenvalue weighted by Crippen LogP contribution is 2.44. The van der Waals surface area contributed by atoms with Crippen LogP contribution in [0.2, 0.25) is 0 Å². The predicted octanol–water partition coefficient (Wildman–Crippen LogP) is 1.32. The molecule has 2 aliphatic rings. The molecule has 26 heavy (non-hydrogen) atoms. The molecule has 2 heterocycles. The first-order valence-electron chi connectivity index (χ1n) is 9.24. The predicted molar refractivity (Wildman–Crippen MR) is 97.8 cm³/mol. The van der Waals surface area contributed by atoms with Crippen LogP contribution in [0.4, 0.5) is 0 Å². The molecule has 1 N–H and O–H groups in total. The minimum atomic E-state index is -0.0484. The molecule has 6 heteroatoms. The molecule has 142 valence electrons. The van der Waals surface area contributed by atoms with Gasteiger partial charge < -0.3 is 19.6 Å². The number of amides is 2. The first kappa shape index (κ1) is 18.7. The molecule has 2 aliphatic heterocycles. The number of benzene rings is 1. The Hall–Kier alpha value is -2.08. The lowest BCUT2D eigenvalue weighted by Gasteiger charge is -2.42. The molecule has 2 fully saturated rings. The third kappa shape index (κ3) is 3.70. The number of nitrogens with zero attached hydrogens (tertiary/aromatic N) is 2. The summed E-state index contributed by atoms with van der Waals surface area (Å²) in [6.07, 6.45) is 2.05. The first-order chi connectivity index (χ1) is 12.5. The van der Waals surface area contributed by atoms with Crippen molar-refractivity contribution in [3.8, 4) is 5.75 Å². The van der Waals surface area contributed by atoms with E-state index < -0.39 is 0 Å². The lowest BCUT2D eigenvalue weighted by molar-refractivity contribution is -0.134. The van der Waals surface area contributed by atoms with E-state index in [0.717, 1.165) is 24.2 Å². The van der Waals surface area contributed by atoms with Gasteiger partial charge in [-0.2, -0.15) is 0 Å². The van der Waals surface area contributed by atoms with Crippen molar-refractivity contribution in [3.63, 3.8) is 0 Å². The Balaban J connectivity index is 1.60. The average molecular weight is 360 g/mol. The van der Waals surface area contributed by atoms with Gasteiger partial charge in [-0.3, -0.25) is 9.59 Å². The van der Waals surface area contributed by atoms with Crippen LogP contribution in [0.5, 0.6) is 5.75 Å². The zero-order chi connectivity index (χ0) is 18.7. The number of methoxy groups -OCH3 is 1. The van der Waals surface area contributed by atoms with Gasteiger partial charge in [0.05, 0.1) is 13.5 Å². The summed E-state index contributed by atoms with van der Waals surface area (Å²) in [6.45, 7) is 4.38. The van der Waals surface area contributed by atoms with Crippen LogP contribution in [0, 0.1) is 11.3 Å². The van der Waals surface area contributed by atoms with E-state index in [1.807, 2.05) is 34.1 Å². The monoisotopic (exact) mass is 360 g/mol. The van der Waals surface area contributed by atoms with Crippen LogP contribution >= 0.6 is 0 Å². The second-order valence-corrected chi connectivity index (χ2v) is 7.55. The summed E-state index contributed by atoms with van der Waals surface area (Å²) in [5, 5.41) is 9.77. The lowest BCUT2D eigenvalue weighted by Crippen LogP contribution is -2.47. The molecule has 1 unspecified atom stereocenters. The van der Waals surface area contributed by atoms with Crippen molar-refractivity contribution in [3.05, 3.63) is 29.8 Å². The van der Waals surface area contributed by atoms with Gasteiger partial charge in [0.15, 0.2) is 0 Å². The maximum atomic E-state index is 12.7. The number of aliphatic hydroxyl groups excluding tert-OH is 1. The molecule has 0 bridgehead atoms. The summed E-state index contributed by atoms with van der Waals surface area (Å²) in [5.74, 6) is 1.06. The van der Waals surface area contributed by atoms with Crippen LogP contribution in [-0.2, 0) is 16.0 Å². The molecule has 1 atom stereocenters. The molecule has 0 aromatic heterocycles. The summed E-state index contributed by atoms with van der Waals surface area (Å²) in [4.78, 5) is 28.2. The van der Waals surface area contributed by atoms with Crippen LogP contribution in [0.25, 0.3) is 0 Å². The van der Waals surface area contributed by atoms with Crippen molar-refractivity contribution in [2.24, 2.45) is 11.3 Å². The van der Waals surface area contributed by atoms with Gasteiger partial charge in [-0.1, -0.05) is 12.1 Å². The van der Waals surface area contributed by atoms with E-state index in [1.165, 1.54) is 0 Å². The Bertz CT molecular complexity index is 668. The summed E-state index contributed by atoms with van der Waals surface area (Å²) < 4.78 is 5.22. The number of carbonyl (C=O) groups excluding carboxylic acids is 2. The second kappa shape index (κ2) is 7.66. The third-order valence-electron chi connectivity index (χ3n) is 6.08. The number of piperidine rings is 1. The molecular weight excluding hydrogens is 332 g/mol. The fraction of sp³-hybridized carbons (Fsp3) is 0.600. The average Bonchev–Trinajstić information content (AvgIpc) is 3.00. The second-order valence-electron chi connectivity index (χ2n) is 7.55. The molecule has 1 spiro atoms. The normalized spacial score (nSPS) is 21.9. The zero-order valence-electron chi connectivity index (χ0n) is 15.6. The van der Waals surface area contributed by atoms with Gasteiger partial charge in [0.2, 0.25) is 11.8 Å². The highest BCUT2D eigenvalue weighted by molar-refractivity contribution is 5.79.